The maximum Gasteiger partial charge on any atom is 0.254 e. The van der Waals surface area contributed by atoms with E-state index in [1.54, 1.807) is 37.2 Å². The lowest BCUT2D eigenvalue weighted by Gasteiger charge is -2.25. The topological polar surface area (TPSA) is 116 Å². The van der Waals surface area contributed by atoms with E-state index < -0.39 is 11.5 Å². The fraction of sp³-hybridized carbons (Fsp3) is 0.333. The molecule has 0 bridgehead atoms. The fourth-order valence-corrected chi connectivity index (χ4v) is 3.78. The van der Waals surface area contributed by atoms with Gasteiger partial charge in [0.25, 0.3) is 5.91 Å². The van der Waals surface area contributed by atoms with Crippen LogP contribution in [-0.4, -0.2) is 51.6 Å². The van der Waals surface area contributed by atoms with Crippen LogP contribution < -0.4 is 16.1 Å². The van der Waals surface area contributed by atoms with Crippen LogP contribution in [0.4, 0.5) is 0 Å². The number of hydrazone groups is 1. The molecule has 1 amide bonds. The number of aliphatic imine (C=N–C) groups is 2. The molecular formula is C21H22N8O. The standard InChI is InChI=1S/C21H22N8O/c1-13-15(18-11-22-4-5-24-18)8-21(28-13,12-26-14-2-3-14)9-17-19(25-7-6-23-17)16-10-27-29-20(16)30/h4-11,14,16,23,26H,2-3,12H2,1H3,(H,29,30). The first kappa shape index (κ1) is 18.6. The van der Waals surface area contributed by atoms with Gasteiger partial charge in [-0.05, 0) is 31.9 Å². The van der Waals surface area contributed by atoms with Crippen LogP contribution in [0.15, 0.2) is 63.9 Å². The van der Waals surface area contributed by atoms with Crippen molar-refractivity contribution in [2.24, 2.45) is 21.0 Å². The van der Waals surface area contributed by atoms with Gasteiger partial charge in [0.2, 0.25) is 0 Å². The first-order valence-corrected chi connectivity index (χ1v) is 9.98. The van der Waals surface area contributed by atoms with Gasteiger partial charge in [0.1, 0.15) is 11.5 Å². The molecule has 0 saturated heterocycles. The summed E-state index contributed by atoms with van der Waals surface area (Å²) in [5, 5.41) is 10.7. The quantitative estimate of drug-likeness (QED) is 0.655. The number of hydrogen-bond donors (Lipinski definition) is 3. The largest absolute Gasteiger partial charge is 0.359 e. The molecule has 3 aliphatic heterocycles. The first-order chi connectivity index (χ1) is 14.6. The van der Waals surface area contributed by atoms with Crippen molar-refractivity contribution in [1.82, 2.24) is 26.0 Å². The van der Waals surface area contributed by atoms with Crippen LogP contribution in [0.5, 0.6) is 0 Å². The van der Waals surface area contributed by atoms with Gasteiger partial charge in [0, 0.05) is 54.9 Å². The van der Waals surface area contributed by atoms with Crippen molar-refractivity contribution in [3.63, 3.8) is 0 Å². The van der Waals surface area contributed by atoms with Crippen LogP contribution >= 0.6 is 0 Å². The van der Waals surface area contributed by atoms with Crippen molar-refractivity contribution in [1.29, 1.82) is 0 Å². The molecule has 0 aromatic carbocycles. The Kier molecular flexibility index (Phi) is 4.59. The number of carbonyl (C=O) groups is 1. The van der Waals surface area contributed by atoms with E-state index in [1.165, 1.54) is 12.8 Å². The van der Waals surface area contributed by atoms with Gasteiger partial charge in [-0.25, -0.2) is 5.43 Å². The minimum absolute atomic E-state index is 0.191. The SMILES string of the molecule is CC1=NC(C=C2NC=CN=C2C2C=NNC2=O)(CNC2CC2)C=C1c1cnccn1. The van der Waals surface area contributed by atoms with Gasteiger partial charge in [-0.1, -0.05) is 0 Å². The highest BCUT2D eigenvalue weighted by molar-refractivity contribution is 6.25. The number of nitrogens with one attached hydrogen (secondary N) is 3. The Balaban J connectivity index is 1.54. The van der Waals surface area contributed by atoms with Gasteiger partial charge in [-0.2, -0.15) is 5.10 Å². The monoisotopic (exact) mass is 402 g/mol. The van der Waals surface area contributed by atoms with E-state index in [1.807, 2.05) is 13.0 Å². The molecule has 4 aliphatic rings. The number of aromatic nitrogens is 2. The summed E-state index contributed by atoms with van der Waals surface area (Å²) in [6.45, 7) is 2.63. The van der Waals surface area contributed by atoms with Crippen molar-refractivity contribution in [2.75, 3.05) is 6.54 Å². The zero-order chi connectivity index (χ0) is 20.6. The summed E-state index contributed by atoms with van der Waals surface area (Å²) in [7, 11) is 0. The minimum Gasteiger partial charge on any atom is -0.359 e. The van der Waals surface area contributed by atoms with Gasteiger partial charge in [-0.15, -0.1) is 0 Å². The van der Waals surface area contributed by atoms with E-state index in [2.05, 4.69) is 42.2 Å². The van der Waals surface area contributed by atoms with Crippen LogP contribution in [-0.2, 0) is 4.79 Å². The highest BCUT2D eigenvalue weighted by Gasteiger charge is 2.37. The molecule has 2 unspecified atom stereocenters. The summed E-state index contributed by atoms with van der Waals surface area (Å²) in [4.78, 5) is 30.3. The molecule has 2 atom stereocenters. The first-order valence-electron chi connectivity index (χ1n) is 9.98. The average Bonchev–Trinajstić information content (AvgIpc) is 3.42. The van der Waals surface area contributed by atoms with Crippen LogP contribution in [0.1, 0.15) is 25.5 Å². The Morgan fingerprint density at radius 1 is 1.33 bits per heavy atom. The number of rotatable bonds is 6. The Bertz CT molecular complexity index is 1050. The van der Waals surface area contributed by atoms with Crippen LogP contribution in [0.25, 0.3) is 5.57 Å². The van der Waals surface area contributed by atoms with Crippen molar-refractivity contribution in [3.05, 3.63) is 54.5 Å². The molecule has 3 N–H and O–H groups in total. The number of hydrogen-bond acceptors (Lipinski definition) is 8. The van der Waals surface area contributed by atoms with Gasteiger partial charge in [0.05, 0.1) is 23.3 Å². The third-order valence-electron chi connectivity index (χ3n) is 5.42. The molecule has 1 saturated carbocycles. The molecule has 0 spiro atoms. The second-order valence-electron chi connectivity index (χ2n) is 7.76. The summed E-state index contributed by atoms with van der Waals surface area (Å²) >= 11 is 0. The highest BCUT2D eigenvalue weighted by Crippen LogP contribution is 2.32. The third-order valence-corrected chi connectivity index (χ3v) is 5.42. The smallest absolute Gasteiger partial charge is 0.254 e. The summed E-state index contributed by atoms with van der Waals surface area (Å²) in [5.41, 5.74) is 5.87. The fourth-order valence-electron chi connectivity index (χ4n) is 3.78. The number of allylic oxidation sites excluding steroid dienone is 2. The van der Waals surface area contributed by atoms with Crippen molar-refractivity contribution in [3.8, 4) is 0 Å². The lowest BCUT2D eigenvalue weighted by atomic mass is 9.92. The third kappa shape index (κ3) is 3.59. The van der Waals surface area contributed by atoms with Crippen LogP contribution in [0.2, 0.25) is 0 Å². The lowest BCUT2D eigenvalue weighted by Crippen LogP contribution is -2.39. The zero-order valence-electron chi connectivity index (χ0n) is 16.5. The van der Waals surface area contributed by atoms with Crippen LogP contribution in [0, 0.1) is 5.92 Å². The number of nitrogens with zero attached hydrogens (tertiary/aromatic N) is 5. The summed E-state index contributed by atoms with van der Waals surface area (Å²) < 4.78 is 0. The van der Waals surface area contributed by atoms with Gasteiger partial charge < -0.3 is 10.6 Å². The molecular weight excluding hydrogens is 380 g/mol. The molecule has 1 aromatic rings. The van der Waals surface area contributed by atoms with Crippen molar-refractivity contribution in [2.45, 2.75) is 31.3 Å². The number of amides is 1. The Morgan fingerprint density at radius 2 is 2.23 bits per heavy atom. The summed E-state index contributed by atoms with van der Waals surface area (Å²) in [5.74, 6) is -0.721. The predicted octanol–water partition coefficient (Wildman–Crippen LogP) is 0.956. The van der Waals surface area contributed by atoms with E-state index in [0.717, 1.165) is 22.7 Å². The Labute approximate surface area is 173 Å². The highest BCUT2D eigenvalue weighted by atomic mass is 16.2. The van der Waals surface area contributed by atoms with E-state index >= 15 is 0 Å². The molecule has 1 aromatic heterocycles. The van der Waals surface area contributed by atoms with E-state index in [-0.39, 0.29) is 5.91 Å². The normalized spacial score (nSPS) is 28.8. The predicted molar refractivity (Wildman–Crippen MR) is 115 cm³/mol. The van der Waals surface area contributed by atoms with Gasteiger partial charge in [0.15, 0.2) is 0 Å². The van der Waals surface area contributed by atoms with E-state index in [4.69, 9.17) is 4.99 Å². The average molecular weight is 402 g/mol. The molecule has 0 radical (unpaired) electrons. The Hall–Kier alpha value is -3.46. The lowest BCUT2D eigenvalue weighted by molar-refractivity contribution is -0.120. The zero-order valence-corrected chi connectivity index (χ0v) is 16.5. The molecule has 152 valence electrons. The minimum atomic E-state index is -0.625. The summed E-state index contributed by atoms with van der Waals surface area (Å²) in [6.07, 6.45) is 16.6. The molecule has 9 heteroatoms. The van der Waals surface area contributed by atoms with Crippen molar-refractivity contribution >= 4 is 29.1 Å². The second-order valence-corrected chi connectivity index (χ2v) is 7.76. The molecule has 1 aliphatic carbocycles. The van der Waals surface area contributed by atoms with E-state index in [0.29, 0.717) is 18.3 Å². The maximum atomic E-state index is 12.2. The molecule has 1 fully saturated rings. The Morgan fingerprint density at radius 3 is 2.97 bits per heavy atom. The molecule has 30 heavy (non-hydrogen) atoms. The van der Waals surface area contributed by atoms with Gasteiger partial charge >= 0.3 is 0 Å². The second kappa shape index (κ2) is 7.42. The molecule has 4 heterocycles. The van der Waals surface area contributed by atoms with Gasteiger partial charge in [-0.3, -0.25) is 24.7 Å². The van der Waals surface area contributed by atoms with Crippen LogP contribution in [0.3, 0.4) is 0 Å². The number of carbonyl (C=O) groups excluding carboxylic acids is 1. The maximum absolute atomic E-state index is 12.2. The van der Waals surface area contributed by atoms with Crippen molar-refractivity contribution < 1.29 is 4.79 Å². The molecule has 5 rings (SSSR count). The van der Waals surface area contributed by atoms with E-state index in [9.17, 15) is 4.79 Å². The molecule has 9 nitrogen and oxygen atoms in total. The summed E-state index contributed by atoms with van der Waals surface area (Å²) in [6, 6.07) is 0.532.